The molecule has 1 aromatic heterocycles. The molecule has 0 fully saturated rings. The summed E-state index contributed by atoms with van der Waals surface area (Å²) in [5.74, 6) is -0.0693. The van der Waals surface area contributed by atoms with Crippen LogP contribution in [0.15, 0.2) is 34.8 Å². The predicted molar refractivity (Wildman–Crippen MR) is 78.1 cm³/mol. The van der Waals surface area contributed by atoms with Gasteiger partial charge in [0.05, 0.1) is 11.3 Å². The number of carbonyl (C=O) groups is 1. The van der Waals surface area contributed by atoms with Crippen molar-refractivity contribution in [1.29, 1.82) is 0 Å². The minimum atomic E-state index is -0.0693. The molecule has 0 bridgehead atoms. The van der Waals surface area contributed by atoms with Crippen molar-refractivity contribution in [2.45, 2.75) is 13.3 Å². The number of hydrogen-bond acceptors (Lipinski definition) is 2. The zero-order valence-electron chi connectivity index (χ0n) is 11.0. The third-order valence-electron chi connectivity index (χ3n) is 2.95. The average Bonchev–Trinajstić information content (AvgIpc) is 2.69. The SMILES string of the molecule is Cc1cc(CCNC(=O)c2ccccc2Br)nn1C. The van der Waals surface area contributed by atoms with Crippen molar-refractivity contribution in [2.75, 3.05) is 6.54 Å². The maximum absolute atomic E-state index is 12.0. The Kier molecular flexibility index (Phi) is 4.37. The third kappa shape index (κ3) is 3.44. The van der Waals surface area contributed by atoms with Gasteiger partial charge in [0, 0.05) is 30.2 Å². The van der Waals surface area contributed by atoms with Gasteiger partial charge in [0.25, 0.3) is 5.91 Å². The zero-order chi connectivity index (χ0) is 13.8. The Hall–Kier alpha value is -1.62. The number of benzene rings is 1. The van der Waals surface area contributed by atoms with Gasteiger partial charge in [0.1, 0.15) is 0 Å². The second-order valence-corrected chi connectivity index (χ2v) is 5.24. The number of nitrogens with one attached hydrogen (secondary N) is 1. The van der Waals surface area contributed by atoms with Gasteiger partial charge in [-0.2, -0.15) is 5.10 Å². The lowest BCUT2D eigenvalue weighted by atomic mass is 10.2. The van der Waals surface area contributed by atoms with Crippen molar-refractivity contribution in [3.63, 3.8) is 0 Å². The van der Waals surface area contributed by atoms with E-state index in [1.54, 1.807) is 6.07 Å². The number of rotatable bonds is 4. The van der Waals surface area contributed by atoms with E-state index in [9.17, 15) is 4.79 Å². The summed E-state index contributed by atoms with van der Waals surface area (Å²) in [7, 11) is 1.92. The molecule has 0 aliphatic carbocycles. The highest BCUT2D eigenvalue weighted by atomic mass is 79.9. The summed E-state index contributed by atoms with van der Waals surface area (Å²) in [6, 6.07) is 9.42. The highest BCUT2D eigenvalue weighted by Gasteiger charge is 2.08. The Morgan fingerprint density at radius 3 is 2.79 bits per heavy atom. The molecule has 1 heterocycles. The lowest BCUT2D eigenvalue weighted by molar-refractivity contribution is 0.0953. The molecule has 0 spiro atoms. The lowest BCUT2D eigenvalue weighted by Crippen LogP contribution is -2.26. The molecule has 0 saturated heterocycles. The maximum atomic E-state index is 12.0. The highest BCUT2D eigenvalue weighted by Crippen LogP contribution is 2.15. The van der Waals surface area contributed by atoms with Crippen LogP contribution in [0, 0.1) is 6.92 Å². The van der Waals surface area contributed by atoms with Crippen LogP contribution in [0.1, 0.15) is 21.7 Å². The summed E-state index contributed by atoms with van der Waals surface area (Å²) in [6.07, 6.45) is 0.734. The van der Waals surface area contributed by atoms with Gasteiger partial charge in [-0.25, -0.2) is 0 Å². The van der Waals surface area contributed by atoms with Gasteiger partial charge in [0.15, 0.2) is 0 Å². The molecule has 0 aliphatic rings. The number of aryl methyl sites for hydroxylation is 2. The third-order valence-corrected chi connectivity index (χ3v) is 3.64. The number of aromatic nitrogens is 2. The first kappa shape index (κ1) is 13.8. The fourth-order valence-electron chi connectivity index (χ4n) is 1.80. The Bertz CT molecular complexity index is 573. The van der Waals surface area contributed by atoms with Crippen LogP contribution in [-0.4, -0.2) is 22.2 Å². The van der Waals surface area contributed by atoms with Crippen molar-refractivity contribution in [1.82, 2.24) is 15.1 Å². The second-order valence-electron chi connectivity index (χ2n) is 4.39. The van der Waals surface area contributed by atoms with E-state index in [4.69, 9.17) is 0 Å². The highest BCUT2D eigenvalue weighted by molar-refractivity contribution is 9.10. The van der Waals surface area contributed by atoms with Crippen LogP contribution in [0.5, 0.6) is 0 Å². The standard InChI is InChI=1S/C14H16BrN3O/c1-10-9-11(17-18(10)2)7-8-16-14(19)12-5-3-4-6-13(12)15/h3-6,9H,7-8H2,1-2H3,(H,16,19). The summed E-state index contributed by atoms with van der Waals surface area (Å²) in [4.78, 5) is 12.0. The van der Waals surface area contributed by atoms with E-state index in [-0.39, 0.29) is 5.91 Å². The quantitative estimate of drug-likeness (QED) is 0.940. The van der Waals surface area contributed by atoms with Gasteiger partial charge >= 0.3 is 0 Å². The molecule has 0 atom stereocenters. The van der Waals surface area contributed by atoms with Crippen LogP contribution in [0.25, 0.3) is 0 Å². The smallest absolute Gasteiger partial charge is 0.252 e. The predicted octanol–water partition coefficient (Wildman–Crippen LogP) is 2.46. The fourth-order valence-corrected chi connectivity index (χ4v) is 2.27. The van der Waals surface area contributed by atoms with E-state index in [1.807, 2.05) is 42.9 Å². The van der Waals surface area contributed by atoms with E-state index in [0.29, 0.717) is 12.1 Å². The second kappa shape index (κ2) is 6.02. The largest absolute Gasteiger partial charge is 0.352 e. The normalized spacial score (nSPS) is 10.5. The van der Waals surface area contributed by atoms with Crippen molar-refractivity contribution < 1.29 is 4.79 Å². The summed E-state index contributed by atoms with van der Waals surface area (Å²) in [5, 5.41) is 7.25. The van der Waals surface area contributed by atoms with E-state index < -0.39 is 0 Å². The molecule has 1 N–H and O–H groups in total. The van der Waals surface area contributed by atoms with Crippen molar-refractivity contribution in [3.8, 4) is 0 Å². The van der Waals surface area contributed by atoms with E-state index in [2.05, 4.69) is 26.3 Å². The molecule has 4 nitrogen and oxygen atoms in total. The Labute approximate surface area is 120 Å². The van der Waals surface area contributed by atoms with E-state index in [1.165, 1.54) is 0 Å². The topological polar surface area (TPSA) is 46.9 Å². The van der Waals surface area contributed by atoms with Gasteiger partial charge in [-0.05, 0) is 41.1 Å². The maximum Gasteiger partial charge on any atom is 0.252 e. The molecule has 5 heteroatoms. The Morgan fingerprint density at radius 2 is 2.16 bits per heavy atom. The summed E-state index contributed by atoms with van der Waals surface area (Å²) in [5.41, 5.74) is 2.76. The van der Waals surface area contributed by atoms with Crippen LogP contribution in [-0.2, 0) is 13.5 Å². The first-order chi connectivity index (χ1) is 9.08. The molecular weight excluding hydrogens is 306 g/mol. The van der Waals surface area contributed by atoms with Crippen LogP contribution in [0.3, 0.4) is 0 Å². The van der Waals surface area contributed by atoms with Gasteiger partial charge in [-0.3, -0.25) is 9.48 Å². The molecule has 2 aromatic rings. The van der Waals surface area contributed by atoms with Crippen LogP contribution < -0.4 is 5.32 Å². The van der Waals surface area contributed by atoms with Crippen molar-refractivity contribution in [3.05, 3.63) is 51.8 Å². The lowest BCUT2D eigenvalue weighted by Gasteiger charge is -2.05. The number of carbonyl (C=O) groups excluding carboxylic acids is 1. The van der Waals surface area contributed by atoms with Gasteiger partial charge in [-0.15, -0.1) is 0 Å². The molecule has 1 aromatic carbocycles. The molecule has 0 saturated carbocycles. The van der Waals surface area contributed by atoms with E-state index in [0.717, 1.165) is 22.3 Å². The number of nitrogens with zero attached hydrogens (tertiary/aromatic N) is 2. The summed E-state index contributed by atoms with van der Waals surface area (Å²) in [6.45, 7) is 2.59. The zero-order valence-corrected chi connectivity index (χ0v) is 12.6. The molecule has 1 amide bonds. The molecule has 0 unspecified atom stereocenters. The molecular formula is C14H16BrN3O. The first-order valence-electron chi connectivity index (χ1n) is 6.10. The van der Waals surface area contributed by atoms with E-state index >= 15 is 0 Å². The molecule has 0 aliphatic heterocycles. The number of amides is 1. The summed E-state index contributed by atoms with van der Waals surface area (Å²) < 4.78 is 2.64. The number of halogens is 1. The van der Waals surface area contributed by atoms with Crippen LogP contribution in [0.4, 0.5) is 0 Å². The summed E-state index contributed by atoms with van der Waals surface area (Å²) >= 11 is 3.37. The number of hydrogen-bond donors (Lipinski definition) is 1. The van der Waals surface area contributed by atoms with Crippen LogP contribution in [0.2, 0.25) is 0 Å². The van der Waals surface area contributed by atoms with Gasteiger partial charge < -0.3 is 5.32 Å². The molecule has 100 valence electrons. The minimum Gasteiger partial charge on any atom is -0.352 e. The van der Waals surface area contributed by atoms with Crippen LogP contribution >= 0.6 is 15.9 Å². The Morgan fingerprint density at radius 1 is 1.42 bits per heavy atom. The van der Waals surface area contributed by atoms with Gasteiger partial charge in [-0.1, -0.05) is 12.1 Å². The average molecular weight is 322 g/mol. The minimum absolute atomic E-state index is 0.0693. The fraction of sp³-hybridized carbons (Fsp3) is 0.286. The molecule has 0 radical (unpaired) electrons. The monoisotopic (exact) mass is 321 g/mol. The first-order valence-corrected chi connectivity index (χ1v) is 6.89. The van der Waals surface area contributed by atoms with Gasteiger partial charge in [0.2, 0.25) is 0 Å². The van der Waals surface area contributed by atoms with Crippen molar-refractivity contribution >= 4 is 21.8 Å². The van der Waals surface area contributed by atoms with Crippen molar-refractivity contribution in [2.24, 2.45) is 7.05 Å². The Balaban J connectivity index is 1.89. The molecule has 19 heavy (non-hydrogen) atoms. The molecule has 2 rings (SSSR count).